The highest BCUT2D eigenvalue weighted by atomic mass is 16.6. The van der Waals surface area contributed by atoms with Crippen molar-refractivity contribution in [3.63, 3.8) is 0 Å². The van der Waals surface area contributed by atoms with Crippen molar-refractivity contribution in [2.24, 2.45) is 0 Å². The molecule has 0 saturated heterocycles. The molecule has 72 heavy (non-hydrogen) atoms. The van der Waals surface area contributed by atoms with E-state index in [1.54, 1.807) is 0 Å². The van der Waals surface area contributed by atoms with E-state index in [9.17, 15) is 14.4 Å². The second kappa shape index (κ2) is 60.7. The average molecular weight is 1010 g/mol. The largest absolute Gasteiger partial charge is 0.462 e. The molecule has 0 aromatic heterocycles. The van der Waals surface area contributed by atoms with Crippen molar-refractivity contribution >= 4 is 17.9 Å². The Kier molecular flexibility index (Phi) is 58.2. The molecule has 0 aliphatic carbocycles. The molecule has 0 N–H and O–H groups in total. The smallest absolute Gasteiger partial charge is 0.306 e. The van der Waals surface area contributed by atoms with Crippen molar-refractivity contribution in [1.82, 2.24) is 0 Å². The highest BCUT2D eigenvalue weighted by Gasteiger charge is 2.19. The molecule has 1 unspecified atom stereocenters. The molecule has 0 aromatic rings. The van der Waals surface area contributed by atoms with Crippen molar-refractivity contribution in [2.75, 3.05) is 13.2 Å². The van der Waals surface area contributed by atoms with Gasteiger partial charge in [-0.25, -0.2) is 0 Å². The molecule has 0 rings (SSSR count). The first kappa shape index (κ1) is 69.1. The Morgan fingerprint density at radius 3 is 0.861 bits per heavy atom. The minimum absolute atomic E-state index is 0.0785. The maximum Gasteiger partial charge on any atom is 0.306 e. The van der Waals surface area contributed by atoms with Crippen molar-refractivity contribution < 1.29 is 28.6 Å². The van der Waals surface area contributed by atoms with Gasteiger partial charge in [0.15, 0.2) is 6.10 Å². The van der Waals surface area contributed by atoms with Gasteiger partial charge in [0, 0.05) is 19.3 Å². The lowest BCUT2D eigenvalue weighted by atomic mass is 10.1. The van der Waals surface area contributed by atoms with E-state index in [0.29, 0.717) is 19.3 Å². The summed E-state index contributed by atoms with van der Waals surface area (Å²) in [7, 11) is 0. The zero-order chi connectivity index (χ0) is 52.2. The Morgan fingerprint density at radius 1 is 0.292 bits per heavy atom. The third-order valence-electron chi connectivity index (χ3n) is 13.7. The Balaban J connectivity index is 4.37. The maximum atomic E-state index is 12.9. The molecule has 0 radical (unpaired) electrons. The van der Waals surface area contributed by atoms with Crippen LogP contribution in [0.5, 0.6) is 0 Å². The van der Waals surface area contributed by atoms with E-state index in [1.165, 1.54) is 199 Å². The first-order valence-corrected chi connectivity index (χ1v) is 31.3. The molecule has 0 aliphatic rings. The highest BCUT2D eigenvalue weighted by molar-refractivity contribution is 5.71. The number of carbonyl (C=O) groups excluding carboxylic acids is 3. The molecule has 0 bridgehead atoms. The highest BCUT2D eigenvalue weighted by Crippen LogP contribution is 2.16. The number of ether oxygens (including phenoxy) is 3. The Labute approximate surface area is 447 Å². The molecular formula is C66H118O6. The lowest BCUT2D eigenvalue weighted by Gasteiger charge is -2.18. The van der Waals surface area contributed by atoms with Crippen molar-refractivity contribution in [3.05, 3.63) is 60.8 Å². The minimum atomic E-state index is -0.782. The van der Waals surface area contributed by atoms with Gasteiger partial charge in [0.05, 0.1) is 0 Å². The number of unbranched alkanes of at least 4 members (excludes halogenated alkanes) is 36. The predicted molar refractivity (Wildman–Crippen MR) is 312 cm³/mol. The van der Waals surface area contributed by atoms with Crippen LogP contribution in [0.2, 0.25) is 0 Å². The van der Waals surface area contributed by atoms with Gasteiger partial charge in [-0.15, -0.1) is 0 Å². The molecule has 6 nitrogen and oxygen atoms in total. The van der Waals surface area contributed by atoms with E-state index in [2.05, 4.69) is 81.5 Å². The standard InChI is InChI=1S/C66H118O6/c1-4-7-10-13-16-19-22-25-28-31-33-36-38-41-44-47-50-53-56-59-65(68)71-62-63(61-70-64(67)58-55-52-49-46-43-40-37-34-30-27-24-21-18-15-12-9-6-3)72-66(69)60-57-54-51-48-45-42-39-35-32-29-26-23-20-17-14-11-8-5-2/h9,12,18,21,25,27-30,32,63H,4-8,10-11,13-17,19-20,22-24,26,31,33-62H2,1-3H3/b12-9-,21-18-,28-25-,30-27-,32-29-. The number of allylic oxidation sites excluding steroid dienone is 10. The second-order valence-corrected chi connectivity index (χ2v) is 20.9. The van der Waals surface area contributed by atoms with Crippen molar-refractivity contribution in [1.29, 1.82) is 0 Å². The van der Waals surface area contributed by atoms with Crippen LogP contribution in [0, 0.1) is 0 Å². The number of hydrogen-bond donors (Lipinski definition) is 0. The molecule has 1 atom stereocenters. The molecule has 6 heteroatoms. The summed E-state index contributed by atoms with van der Waals surface area (Å²) in [6.07, 6.45) is 76.4. The molecule has 0 heterocycles. The topological polar surface area (TPSA) is 78.9 Å². The van der Waals surface area contributed by atoms with E-state index in [1.807, 2.05) is 0 Å². The van der Waals surface area contributed by atoms with Crippen LogP contribution in [0.15, 0.2) is 60.8 Å². The molecule has 0 aromatic carbocycles. The third-order valence-corrected chi connectivity index (χ3v) is 13.7. The Bertz CT molecular complexity index is 1290. The summed E-state index contributed by atoms with van der Waals surface area (Å²) in [6, 6.07) is 0. The average Bonchev–Trinajstić information content (AvgIpc) is 3.38. The quantitative estimate of drug-likeness (QED) is 0.0261. The predicted octanol–water partition coefficient (Wildman–Crippen LogP) is 21.2. The fourth-order valence-electron chi connectivity index (χ4n) is 9.04. The van der Waals surface area contributed by atoms with Gasteiger partial charge < -0.3 is 14.2 Å². The normalized spacial score (nSPS) is 12.4. The van der Waals surface area contributed by atoms with Crippen LogP contribution in [0.4, 0.5) is 0 Å². The van der Waals surface area contributed by atoms with Gasteiger partial charge in [-0.2, -0.15) is 0 Å². The molecule has 0 amide bonds. The van der Waals surface area contributed by atoms with E-state index >= 15 is 0 Å². The van der Waals surface area contributed by atoms with Gasteiger partial charge >= 0.3 is 17.9 Å². The number of esters is 3. The van der Waals surface area contributed by atoms with Crippen LogP contribution < -0.4 is 0 Å². The molecule has 0 spiro atoms. The zero-order valence-corrected chi connectivity index (χ0v) is 47.9. The Morgan fingerprint density at radius 2 is 0.542 bits per heavy atom. The van der Waals surface area contributed by atoms with Crippen LogP contribution in [0.1, 0.15) is 323 Å². The van der Waals surface area contributed by atoms with E-state index in [-0.39, 0.29) is 31.1 Å². The van der Waals surface area contributed by atoms with Crippen LogP contribution >= 0.6 is 0 Å². The number of hydrogen-bond acceptors (Lipinski definition) is 6. The van der Waals surface area contributed by atoms with Gasteiger partial charge in [-0.05, 0) is 103 Å². The van der Waals surface area contributed by atoms with Crippen LogP contribution in [0.25, 0.3) is 0 Å². The van der Waals surface area contributed by atoms with Gasteiger partial charge in [0.1, 0.15) is 13.2 Å². The summed E-state index contributed by atoms with van der Waals surface area (Å²) >= 11 is 0. The lowest BCUT2D eigenvalue weighted by molar-refractivity contribution is -0.167. The first-order chi connectivity index (χ1) is 35.5. The minimum Gasteiger partial charge on any atom is -0.462 e. The fraction of sp³-hybridized carbons (Fsp3) is 0.803. The summed E-state index contributed by atoms with van der Waals surface area (Å²) in [4.78, 5) is 38.3. The van der Waals surface area contributed by atoms with Gasteiger partial charge in [-0.3, -0.25) is 14.4 Å². The van der Waals surface area contributed by atoms with E-state index < -0.39 is 6.10 Å². The zero-order valence-electron chi connectivity index (χ0n) is 47.9. The van der Waals surface area contributed by atoms with Crippen molar-refractivity contribution in [2.45, 2.75) is 329 Å². The summed E-state index contributed by atoms with van der Waals surface area (Å²) in [6.45, 7) is 6.55. The Hall–Kier alpha value is -2.89. The van der Waals surface area contributed by atoms with Crippen LogP contribution in [-0.4, -0.2) is 37.2 Å². The van der Waals surface area contributed by atoms with E-state index in [4.69, 9.17) is 14.2 Å². The van der Waals surface area contributed by atoms with E-state index in [0.717, 1.165) is 83.5 Å². The molecule has 0 aliphatic heterocycles. The van der Waals surface area contributed by atoms with Crippen LogP contribution in [0.3, 0.4) is 0 Å². The molecular weight excluding hydrogens is 889 g/mol. The molecule has 0 saturated carbocycles. The third kappa shape index (κ3) is 58.0. The first-order valence-electron chi connectivity index (χ1n) is 31.3. The SMILES string of the molecule is CC/C=C\C/C=C\C/C=C\CCCCCCCCCC(=O)OCC(COC(=O)CCCCCCCCCCC/C=C\CCCCCCCC)OC(=O)CCCCCCCCC/C=C\CCCCCCCCC. The summed E-state index contributed by atoms with van der Waals surface area (Å²) < 4.78 is 16.9. The fourth-order valence-corrected chi connectivity index (χ4v) is 9.04. The summed E-state index contributed by atoms with van der Waals surface area (Å²) in [5, 5.41) is 0. The maximum absolute atomic E-state index is 12.9. The van der Waals surface area contributed by atoms with Crippen LogP contribution in [-0.2, 0) is 28.6 Å². The number of rotatable bonds is 57. The lowest BCUT2D eigenvalue weighted by Crippen LogP contribution is -2.30. The second-order valence-electron chi connectivity index (χ2n) is 20.9. The summed E-state index contributed by atoms with van der Waals surface area (Å²) in [5.74, 6) is -0.879. The van der Waals surface area contributed by atoms with Gasteiger partial charge in [-0.1, -0.05) is 261 Å². The van der Waals surface area contributed by atoms with Gasteiger partial charge in [0.2, 0.25) is 0 Å². The molecule has 0 fully saturated rings. The monoisotopic (exact) mass is 1010 g/mol. The number of carbonyl (C=O) groups is 3. The molecule has 418 valence electrons. The van der Waals surface area contributed by atoms with Gasteiger partial charge in [0.25, 0.3) is 0 Å². The summed E-state index contributed by atoms with van der Waals surface area (Å²) in [5.41, 5.74) is 0. The van der Waals surface area contributed by atoms with Crippen molar-refractivity contribution in [3.8, 4) is 0 Å².